The van der Waals surface area contributed by atoms with Crippen molar-refractivity contribution in [2.75, 3.05) is 13.1 Å². The van der Waals surface area contributed by atoms with Crippen molar-refractivity contribution in [3.05, 3.63) is 70.8 Å². The molecule has 34 heavy (non-hydrogen) atoms. The molecule has 2 fully saturated rings. The van der Waals surface area contributed by atoms with E-state index in [9.17, 15) is 14.3 Å². The van der Waals surface area contributed by atoms with Crippen LogP contribution in [-0.2, 0) is 6.42 Å². The molecule has 4 nitrogen and oxygen atoms in total. The molecule has 5 heteroatoms. The number of rotatable bonds is 2. The molecule has 6 rings (SSSR count). The average Bonchev–Trinajstić information content (AvgIpc) is 3.20. The number of carbonyl (C=O) groups is 1. The molecule has 1 aromatic heterocycles. The van der Waals surface area contributed by atoms with Crippen LogP contribution in [0.25, 0.3) is 5.57 Å². The molecule has 2 heterocycles. The first-order valence-corrected chi connectivity index (χ1v) is 12.9. The van der Waals surface area contributed by atoms with Crippen LogP contribution < -0.4 is 0 Å². The number of aliphatic hydroxyl groups is 1. The van der Waals surface area contributed by atoms with E-state index in [1.165, 1.54) is 22.9 Å². The summed E-state index contributed by atoms with van der Waals surface area (Å²) in [5.74, 6) is 1.48. The first-order chi connectivity index (χ1) is 16.4. The van der Waals surface area contributed by atoms with E-state index in [1.54, 1.807) is 11.0 Å². The number of pyridine rings is 1. The van der Waals surface area contributed by atoms with Gasteiger partial charge in [-0.2, -0.15) is 0 Å². The fourth-order valence-electron chi connectivity index (χ4n) is 7.61. The highest BCUT2D eigenvalue weighted by Gasteiger charge is 2.52. The molecule has 178 valence electrons. The van der Waals surface area contributed by atoms with E-state index >= 15 is 0 Å². The minimum atomic E-state index is -0.402. The number of hydrogen-bond acceptors (Lipinski definition) is 3. The first kappa shape index (κ1) is 22.0. The normalized spacial score (nSPS) is 32.4. The van der Waals surface area contributed by atoms with E-state index in [-0.39, 0.29) is 17.1 Å². The molecular weight excluding hydrogens is 427 g/mol. The zero-order valence-electron chi connectivity index (χ0n) is 19.8. The summed E-state index contributed by atoms with van der Waals surface area (Å²) in [6.45, 7) is 3.55. The van der Waals surface area contributed by atoms with Crippen molar-refractivity contribution in [1.82, 2.24) is 9.88 Å². The molecule has 1 amide bonds. The third-order valence-electron chi connectivity index (χ3n) is 9.25. The first-order valence-electron chi connectivity index (χ1n) is 12.9. The third kappa shape index (κ3) is 3.51. The van der Waals surface area contributed by atoms with Gasteiger partial charge in [0.25, 0.3) is 5.91 Å². The van der Waals surface area contributed by atoms with E-state index in [1.807, 2.05) is 12.3 Å². The highest BCUT2D eigenvalue weighted by molar-refractivity contribution is 5.94. The molecule has 0 bridgehead atoms. The molecule has 0 radical (unpaired) electrons. The van der Waals surface area contributed by atoms with Gasteiger partial charge in [-0.25, -0.2) is 4.39 Å². The Morgan fingerprint density at radius 1 is 1.21 bits per heavy atom. The van der Waals surface area contributed by atoms with Crippen molar-refractivity contribution >= 4 is 11.5 Å². The predicted octanol–water partition coefficient (Wildman–Crippen LogP) is 5.37. The number of fused-ring (bicyclic) bond motifs is 5. The van der Waals surface area contributed by atoms with Gasteiger partial charge in [-0.15, -0.1) is 0 Å². The zero-order valence-corrected chi connectivity index (χ0v) is 19.8. The molecule has 0 spiro atoms. The van der Waals surface area contributed by atoms with Crippen molar-refractivity contribution in [2.45, 2.75) is 63.9 Å². The number of aromatic nitrogens is 1. The van der Waals surface area contributed by atoms with Gasteiger partial charge in [0.15, 0.2) is 0 Å². The maximum absolute atomic E-state index is 13.9. The second-order valence-corrected chi connectivity index (χ2v) is 11.1. The number of hydrogen-bond donors (Lipinski definition) is 1. The van der Waals surface area contributed by atoms with Crippen molar-refractivity contribution in [2.24, 2.45) is 17.3 Å². The summed E-state index contributed by atoms with van der Waals surface area (Å²) < 4.78 is 13.9. The van der Waals surface area contributed by atoms with Crippen LogP contribution in [0.5, 0.6) is 0 Å². The second-order valence-electron chi connectivity index (χ2n) is 11.1. The van der Waals surface area contributed by atoms with Gasteiger partial charge in [0.1, 0.15) is 5.82 Å². The lowest BCUT2D eigenvalue weighted by Crippen LogP contribution is -2.42. The summed E-state index contributed by atoms with van der Waals surface area (Å²) in [6.07, 6.45) is 12.1. The number of aliphatic hydroxyl groups excluding tert-OH is 1. The average molecular weight is 461 g/mol. The zero-order chi connectivity index (χ0) is 23.4. The number of β-amino-alcohol motifs (C(OH)–C–C–N with tert-alkyl or cyclic N) is 1. The molecule has 1 aromatic carbocycles. The lowest BCUT2D eigenvalue weighted by Gasteiger charge is -2.50. The van der Waals surface area contributed by atoms with E-state index in [4.69, 9.17) is 0 Å². The van der Waals surface area contributed by atoms with E-state index in [0.29, 0.717) is 24.3 Å². The highest BCUT2D eigenvalue weighted by Crippen LogP contribution is 2.63. The highest BCUT2D eigenvalue weighted by atomic mass is 19.1. The summed E-state index contributed by atoms with van der Waals surface area (Å²) in [5.41, 5.74) is 5.79. The summed E-state index contributed by atoms with van der Waals surface area (Å²) in [4.78, 5) is 19.0. The Morgan fingerprint density at radius 2 is 2.09 bits per heavy atom. The lowest BCUT2D eigenvalue weighted by atomic mass is 9.54. The molecule has 1 saturated heterocycles. The van der Waals surface area contributed by atoms with Gasteiger partial charge in [-0.3, -0.25) is 9.78 Å². The van der Waals surface area contributed by atoms with Crippen LogP contribution in [0.1, 0.15) is 78.4 Å². The number of allylic oxidation sites excluding steroid dienone is 2. The van der Waals surface area contributed by atoms with Gasteiger partial charge in [-0.1, -0.05) is 19.1 Å². The maximum atomic E-state index is 13.9. The van der Waals surface area contributed by atoms with Crippen LogP contribution in [0, 0.1) is 23.1 Å². The molecule has 1 N–H and O–H groups in total. The van der Waals surface area contributed by atoms with Crippen molar-refractivity contribution in [3.63, 3.8) is 0 Å². The number of nitrogens with zero attached hydrogens (tertiary/aromatic N) is 2. The summed E-state index contributed by atoms with van der Waals surface area (Å²) >= 11 is 0. The quantitative estimate of drug-likeness (QED) is 0.656. The smallest absolute Gasteiger partial charge is 0.253 e. The van der Waals surface area contributed by atoms with Crippen LogP contribution >= 0.6 is 0 Å². The number of piperidine rings is 1. The molecule has 2 aromatic rings. The molecule has 1 saturated carbocycles. The molecule has 4 aliphatic rings. The summed E-state index contributed by atoms with van der Waals surface area (Å²) in [7, 11) is 0. The van der Waals surface area contributed by atoms with Gasteiger partial charge >= 0.3 is 0 Å². The summed E-state index contributed by atoms with van der Waals surface area (Å²) in [5, 5.41) is 9.98. The minimum absolute atomic E-state index is 0.0493. The van der Waals surface area contributed by atoms with Gasteiger partial charge in [-0.05, 0) is 109 Å². The second kappa shape index (κ2) is 8.30. The molecule has 5 unspecified atom stereocenters. The van der Waals surface area contributed by atoms with Crippen LogP contribution in [0.3, 0.4) is 0 Å². The van der Waals surface area contributed by atoms with Crippen molar-refractivity contribution < 1.29 is 14.3 Å². The Morgan fingerprint density at radius 3 is 2.91 bits per heavy atom. The fourth-order valence-corrected chi connectivity index (χ4v) is 7.61. The number of benzene rings is 1. The van der Waals surface area contributed by atoms with Gasteiger partial charge in [0.05, 0.1) is 12.3 Å². The summed E-state index contributed by atoms with van der Waals surface area (Å²) in [6, 6.07) is 7.98. The van der Waals surface area contributed by atoms with Gasteiger partial charge in [0, 0.05) is 24.8 Å². The van der Waals surface area contributed by atoms with E-state index in [0.717, 1.165) is 62.6 Å². The number of carbonyl (C=O) groups excluding carboxylic acids is 1. The monoisotopic (exact) mass is 460 g/mol. The number of amides is 1. The Bertz CT molecular complexity index is 1160. The fraction of sp³-hybridized carbons (Fsp3) is 0.517. The van der Waals surface area contributed by atoms with Crippen LogP contribution in [0.4, 0.5) is 4.39 Å². The number of halogens is 1. The van der Waals surface area contributed by atoms with Crippen molar-refractivity contribution in [1.29, 1.82) is 0 Å². The Labute approximate surface area is 200 Å². The molecule has 3 aliphatic carbocycles. The van der Waals surface area contributed by atoms with Crippen LogP contribution in [0.15, 0.2) is 42.7 Å². The lowest BCUT2D eigenvalue weighted by molar-refractivity contribution is 0.0473. The van der Waals surface area contributed by atoms with Gasteiger partial charge < -0.3 is 10.0 Å². The number of aryl methyl sites for hydroxylation is 1. The Balaban J connectivity index is 1.24. The van der Waals surface area contributed by atoms with Crippen LogP contribution in [-0.4, -0.2) is 40.1 Å². The minimum Gasteiger partial charge on any atom is -0.391 e. The largest absolute Gasteiger partial charge is 0.391 e. The van der Waals surface area contributed by atoms with Gasteiger partial charge in [0.2, 0.25) is 0 Å². The molecule has 1 aliphatic heterocycles. The molecular formula is C29H33FN2O2. The third-order valence-corrected chi connectivity index (χ3v) is 9.25. The van der Waals surface area contributed by atoms with E-state index in [2.05, 4.69) is 30.1 Å². The number of likely N-dealkylation sites (tertiary alicyclic amines) is 1. The Kier molecular flexibility index (Phi) is 5.36. The van der Waals surface area contributed by atoms with E-state index < -0.39 is 6.10 Å². The predicted molar refractivity (Wildman–Crippen MR) is 130 cm³/mol. The van der Waals surface area contributed by atoms with Crippen LogP contribution in [0.2, 0.25) is 0 Å². The Hall–Kier alpha value is -2.53. The standard InChI is InChI=1S/C29H33FN2O2/c1-29-11-10-24-23-6-5-19(28(34)32-12-2-3-22(33)17-32)13-18(23)4-7-25(24)27(29)9-8-26(29)20-14-21(30)16-31-15-20/h5-6,8,13-16,22,24-25,27,33H,2-4,7,9-12,17H2,1H3. The topological polar surface area (TPSA) is 53.4 Å². The molecule has 5 atom stereocenters. The maximum Gasteiger partial charge on any atom is 0.253 e. The SMILES string of the molecule is CC12CCC3c4ccc(C(=O)N5CCCC(O)C5)cc4CCC3C1CC=C2c1cncc(F)c1. The van der Waals surface area contributed by atoms with Crippen molar-refractivity contribution in [3.8, 4) is 0 Å².